The number of carbonyl (C=O) groups excluding carboxylic acids is 1. The van der Waals surface area contributed by atoms with E-state index in [1.54, 1.807) is 0 Å². The van der Waals surface area contributed by atoms with Gasteiger partial charge < -0.3 is 15.4 Å². The lowest BCUT2D eigenvalue weighted by Gasteiger charge is -2.23. The molecule has 1 saturated heterocycles. The van der Waals surface area contributed by atoms with Gasteiger partial charge in [0, 0.05) is 19.0 Å². The van der Waals surface area contributed by atoms with Crippen LogP contribution >= 0.6 is 12.4 Å². The van der Waals surface area contributed by atoms with Crippen LogP contribution in [0.1, 0.15) is 33.1 Å². The maximum atomic E-state index is 11.5. The Labute approximate surface area is 104 Å². The van der Waals surface area contributed by atoms with Crippen LogP contribution in [-0.4, -0.2) is 37.7 Å². The van der Waals surface area contributed by atoms with Crippen molar-refractivity contribution in [3.8, 4) is 0 Å². The first-order valence-corrected chi connectivity index (χ1v) is 5.80. The third-order valence-corrected chi connectivity index (χ3v) is 2.44. The zero-order chi connectivity index (χ0) is 11.1. The summed E-state index contributed by atoms with van der Waals surface area (Å²) in [6.45, 7) is 6.44. The maximum absolute atomic E-state index is 11.5. The molecule has 16 heavy (non-hydrogen) atoms. The Kier molecular flexibility index (Phi) is 8.61. The molecule has 0 aromatic carbocycles. The number of halogens is 1. The maximum Gasteiger partial charge on any atom is 0.222 e. The molecule has 1 aliphatic heterocycles. The van der Waals surface area contributed by atoms with Gasteiger partial charge in [0.25, 0.3) is 0 Å². The fraction of sp³-hybridized carbons (Fsp3) is 0.909. The van der Waals surface area contributed by atoms with E-state index in [0.29, 0.717) is 19.1 Å². The van der Waals surface area contributed by atoms with Crippen molar-refractivity contribution in [3.63, 3.8) is 0 Å². The highest BCUT2D eigenvalue weighted by molar-refractivity contribution is 5.85. The summed E-state index contributed by atoms with van der Waals surface area (Å²) >= 11 is 0. The first-order chi connectivity index (χ1) is 7.18. The molecule has 2 N–H and O–H groups in total. The van der Waals surface area contributed by atoms with Crippen LogP contribution in [0.15, 0.2) is 0 Å². The van der Waals surface area contributed by atoms with Crippen molar-refractivity contribution in [2.24, 2.45) is 0 Å². The topological polar surface area (TPSA) is 50.4 Å². The number of piperidine rings is 1. The molecule has 0 spiro atoms. The van der Waals surface area contributed by atoms with Gasteiger partial charge in [0.2, 0.25) is 5.91 Å². The van der Waals surface area contributed by atoms with E-state index in [4.69, 9.17) is 4.74 Å². The summed E-state index contributed by atoms with van der Waals surface area (Å²) in [6.07, 6.45) is 2.90. The van der Waals surface area contributed by atoms with Crippen molar-refractivity contribution in [3.05, 3.63) is 0 Å². The molecule has 0 saturated carbocycles. The first-order valence-electron chi connectivity index (χ1n) is 5.80. The molecule has 0 aromatic rings. The van der Waals surface area contributed by atoms with E-state index in [1.165, 1.54) is 0 Å². The Bertz CT molecular complexity index is 194. The molecule has 0 aromatic heterocycles. The zero-order valence-corrected chi connectivity index (χ0v) is 10.9. The lowest BCUT2D eigenvalue weighted by molar-refractivity contribution is -0.123. The standard InChI is InChI=1S/C11H22N2O2.ClH/c1-9(2)15-7-5-11(14)13-10-4-3-6-12-8-10;/h9-10,12H,3-8H2,1-2H3,(H,13,14);1H/t10-;/m1./s1. The highest BCUT2D eigenvalue weighted by atomic mass is 35.5. The Morgan fingerprint density at radius 2 is 2.31 bits per heavy atom. The number of hydrogen-bond acceptors (Lipinski definition) is 3. The van der Waals surface area contributed by atoms with E-state index in [0.717, 1.165) is 25.9 Å². The second-order valence-corrected chi connectivity index (χ2v) is 4.28. The number of nitrogens with one attached hydrogen (secondary N) is 2. The summed E-state index contributed by atoms with van der Waals surface area (Å²) in [5.41, 5.74) is 0. The molecular weight excluding hydrogens is 228 g/mol. The molecule has 0 radical (unpaired) electrons. The van der Waals surface area contributed by atoms with E-state index in [9.17, 15) is 4.79 Å². The van der Waals surface area contributed by atoms with Crippen molar-refractivity contribution in [1.82, 2.24) is 10.6 Å². The van der Waals surface area contributed by atoms with E-state index in [-0.39, 0.29) is 24.4 Å². The summed E-state index contributed by atoms with van der Waals surface area (Å²) in [6, 6.07) is 0.310. The average molecular weight is 251 g/mol. The minimum absolute atomic E-state index is 0. The first kappa shape index (κ1) is 15.7. The fourth-order valence-electron chi connectivity index (χ4n) is 1.66. The summed E-state index contributed by atoms with van der Waals surface area (Å²) in [5.74, 6) is 0.101. The van der Waals surface area contributed by atoms with Gasteiger partial charge in [-0.25, -0.2) is 0 Å². The van der Waals surface area contributed by atoms with Crippen LogP contribution in [-0.2, 0) is 9.53 Å². The fourth-order valence-corrected chi connectivity index (χ4v) is 1.66. The zero-order valence-electron chi connectivity index (χ0n) is 10.1. The molecule has 1 atom stereocenters. The van der Waals surface area contributed by atoms with Gasteiger partial charge in [-0.3, -0.25) is 4.79 Å². The van der Waals surface area contributed by atoms with Crippen molar-refractivity contribution in [1.29, 1.82) is 0 Å². The predicted octanol–water partition coefficient (Wildman–Crippen LogP) is 1.09. The smallest absolute Gasteiger partial charge is 0.222 e. The van der Waals surface area contributed by atoms with Crippen LogP contribution in [0.4, 0.5) is 0 Å². The summed E-state index contributed by atoms with van der Waals surface area (Å²) < 4.78 is 5.33. The van der Waals surface area contributed by atoms with Crippen LogP contribution < -0.4 is 10.6 Å². The van der Waals surface area contributed by atoms with Gasteiger partial charge in [-0.15, -0.1) is 12.4 Å². The van der Waals surface area contributed by atoms with E-state index in [2.05, 4.69) is 10.6 Å². The van der Waals surface area contributed by atoms with Crippen molar-refractivity contribution < 1.29 is 9.53 Å². The Hall–Kier alpha value is -0.320. The van der Waals surface area contributed by atoms with Gasteiger partial charge in [0.15, 0.2) is 0 Å². The molecule has 5 heteroatoms. The molecule has 0 bridgehead atoms. The van der Waals surface area contributed by atoms with E-state index >= 15 is 0 Å². The highest BCUT2D eigenvalue weighted by Crippen LogP contribution is 2.01. The highest BCUT2D eigenvalue weighted by Gasteiger charge is 2.14. The van der Waals surface area contributed by atoms with Gasteiger partial charge in [-0.2, -0.15) is 0 Å². The van der Waals surface area contributed by atoms with Gasteiger partial charge in [0.1, 0.15) is 0 Å². The number of carbonyl (C=O) groups is 1. The van der Waals surface area contributed by atoms with Crippen LogP contribution in [0.25, 0.3) is 0 Å². The molecule has 0 aliphatic carbocycles. The van der Waals surface area contributed by atoms with Gasteiger partial charge >= 0.3 is 0 Å². The van der Waals surface area contributed by atoms with Crippen LogP contribution in [0.2, 0.25) is 0 Å². The predicted molar refractivity (Wildman–Crippen MR) is 67.0 cm³/mol. The third kappa shape index (κ3) is 7.04. The molecule has 0 unspecified atom stereocenters. The lowest BCUT2D eigenvalue weighted by atomic mass is 10.1. The second kappa shape index (κ2) is 8.79. The van der Waals surface area contributed by atoms with Crippen molar-refractivity contribution in [2.75, 3.05) is 19.7 Å². The summed E-state index contributed by atoms with van der Waals surface area (Å²) in [7, 11) is 0. The average Bonchev–Trinajstić information content (AvgIpc) is 2.18. The number of hydrogen-bond donors (Lipinski definition) is 2. The SMILES string of the molecule is CC(C)OCCC(=O)N[C@@H]1CCCNC1.Cl. The normalized spacial score (nSPS) is 20.3. The third-order valence-electron chi connectivity index (χ3n) is 2.44. The van der Waals surface area contributed by atoms with Crippen molar-refractivity contribution >= 4 is 18.3 Å². The van der Waals surface area contributed by atoms with E-state index < -0.39 is 0 Å². The minimum atomic E-state index is 0. The van der Waals surface area contributed by atoms with Gasteiger partial charge in [-0.1, -0.05) is 0 Å². The molecule has 4 nitrogen and oxygen atoms in total. The quantitative estimate of drug-likeness (QED) is 0.768. The molecular formula is C11H23ClN2O2. The molecule has 1 fully saturated rings. The molecule has 1 amide bonds. The Morgan fingerprint density at radius 3 is 2.88 bits per heavy atom. The minimum Gasteiger partial charge on any atom is -0.378 e. The van der Waals surface area contributed by atoms with E-state index in [1.807, 2.05) is 13.8 Å². The molecule has 96 valence electrons. The van der Waals surface area contributed by atoms with Crippen LogP contribution in [0.5, 0.6) is 0 Å². The van der Waals surface area contributed by atoms with Crippen molar-refractivity contribution in [2.45, 2.75) is 45.3 Å². The molecule has 1 heterocycles. The van der Waals surface area contributed by atoms with Crippen LogP contribution in [0, 0.1) is 0 Å². The van der Waals surface area contributed by atoms with Gasteiger partial charge in [-0.05, 0) is 33.2 Å². The van der Waals surface area contributed by atoms with Crippen LogP contribution in [0.3, 0.4) is 0 Å². The van der Waals surface area contributed by atoms with Gasteiger partial charge in [0.05, 0.1) is 12.7 Å². The Balaban J connectivity index is 0.00000225. The molecule has 1 aliphatic rings. The number of ether oxygens (including phenoxy) is 1. The monoisotopic (exact) mass is 250 g/mol. The molecule has 1 rings (SSSR count). The second-order valence-electron chi connectivity index (χ2n) is 4.28. The lowest BCUT2D eigenvalue weighted by Crippen LogP contribution is -2.45. The Morgan fingerprint density at radius 1 is 1.56 bits per heavy atom. The number of amides is 1. The largest absolute Gasteiger partial charge is 0.378 e. The summed E-state index contributed by atoms with van der Waals surface area (Å²) in [5, 5.41) is 6.28. The number of rotatable bonds is 5. The summed E-state index contributed by atoms with van der Waals surface area (Å²) in [4.78, 5) is 11.5.